The third-order valence-electron chi connectivity index (χ3n) is 3.65. The van der Waals surface area contributed by atoms with E-state index in [-0.39, 0.29) is 12.3 Å². The first-order chi connectivity index (χ1) is 11.3. The second kappa shape index (κ2) is 9.02. The van der Waals surface area contributed by atoms with Gasteiger partial charge in [-0.2, -0.15) is 0 Å². The number of aliphatic carboxylic acids is 1. The van der Waals surface area contributed by atoms with E-state index in [1.54, 1.807) is 40.1 Å². The molecule has 1 aromatic carbocycles. The first-order valence-corrected chi connectivity index (χ1v) is 7.75. The maximum atomic E-state index is 12.6. The van der Waals surface area contributed by atoms with Crippen molar-refractivity contribution in [3.63, 3.8) is 0 Å². The van der Waals surface area contributed by atoms with Crippen LogP contribution in [0, 0.1) is 5.92 Å². The van der Waals surface area contributed by atoms with Crippen LogP contribution in [-0.4, -0.2) is 59.6 Å². The molecule has 132 valence electrons. The van der Waals surface area contributed by atoms with Crippen LogP contribution in [0.1, 0.15) is 19.4 Å². The molecule has 0 spiro atoms. The number of nitrogens with one attached hydrogen (secondary N) is 1. The van der Waals surface area contributed by atoms with E-state index in [0.717, 1.165) is 5.56 Å². The van der Waals surface area contributed by atoms with Crippen molar-refractivity contribution in [1.29, 1.82) is 0 Å². The fraction of sp³-hybridized carbons (Fsp3) is 0.471. The monoisotopic (exact) mass is 335 g/mol. The minimum Gasteiger partial charge on any atom is -0.480 e. The van der Waals surface area contributed by atoms with E-state index >= 15 is 0 Å². The Balaban J connectivity index is 2.92. The van der Waals surface area contributed by atoms with Gasteiger partial charge in [-0.25, -0.2) is 9.80 Å². The number of hydrogen-bond acceptors (Lipinski definition) is 4. The third-order valence-corrected chi connectivity index (χ3v) is 3.65. The molecule has 0 saturated carbocycles. The summed E-state index contributed by atoms with van der Waals surface area (Å²) in [5.74, 6) is -1.78. The normalized spacial score (nSPS) is 13.4. The molecular weight excluding hydrogens is 310 g/mol. The van der Waals surface area contributed by atoms with Gasteiger partial charge in [-0.3, -0.25) is 14.6 Å². The second-order valence-electron chi connectivity index (χ2n) is 6.11. The Morgan fingerprint density at radius 3 is 2.21 bits per heavy atom. The number of carboxylic acids is 1. The number of benzene rings is 1. The summed E-state index contributed by atoms with van der Waals surface area (Å²) >= 11 is 0. The average molecular weight is 335 g/mol. The molecule has 0 aliphatic heterocycles. The average Bonchev–Trinajstić information content (AvgIpc) is 2.51. The van der Waals surface area contributed by atoms with Gasteiger partial charge in [0.1, 0.15) is 12.1 Å². The smallest absolute Gasteiger partial charge is 0.326 e. The van der Waals surface area contributed by atoms with E-state index in [9.17, 15) is 19.5 Å². The maximum absolute atomic E-state index is 12.6. The Morgan fingerprint density at radius 1 is 1.21 bits per heavy atom. The lowest BCUT2D eigenvalue weighted by molar-refractivity contribution is -0.151. The molecule has 0 aromatic heterocycles. The number of carbonyl (C=O) groups excluding carboxylic acids is 2. The van der Waals surface area contributed by atoms with Crippen LogP contribution in [0.3, 0.4) is 0 Å². The van der Waals surface area contributed by atoms with Gasteiger partial charge < -0.3 is 10.4 Å². The minimum atomic E-state index is -1.11. The summed E-state index contributed by atoms with van der Waals surface area (Å²) in [7, 11) is 3.30. The molecule has 24 heavy (non-hydrogen) atoms. The highest BCUT2D eigenvalue weighted by Crippen LogP contribution is 2.12. The molecule has 1 unspecified atom stereocenters. The van der Waals surface area contributed by atoms with Gasteiger partial charge in [0.25, 0.3) is 0 Å². The van der Waals surface area contributed by atoms with Crippen LogP contribution in [-0.2, 0) is 20.8 Å². The van der Waals surface area contributed by atoms with Crippen molar-refractivity contribution < 1.29 is 19.5 Å². The molecule has 1 aromatic rings. The van der Waals surface area contributed by atoms with Crippen molar-refractivity contribution in [2.45, 2.75) is 32.4 Å². The van der Waals surface area contributed by atoms with Crippen molar-refractivity contribution in [3.8, 4) is 0 Å². The highest BCUT2D eigenvalue weighted by molar-refractivity contribution is 5.88. The van der Waals surface area contributed by atoms with Gasteiger partial charge in [-0.15, -0.1) is 0 Å². The molecule has 2 N–H and O–H groups in total. The number of hydrazine groups is 1. The lowest BCUT2D eigenvalue weighted by atomic mass is 10.0. The Kier molecular flexibility index (Phi) is 7.38. The number of amides is 2. The molecule has 0 radical (unpaired) electrons. The van der Waals surface area contributed by atoms with Gasteiger partial charge in [0.05, 0.1) is 0 Å². The zero-order chi connectivity index (χ0) is 18.3. The molecule has 2 atom stereocenters. The molecule has 0 aliphatic rings. The van der Waals surface area contributed by atoms with Gasteiger partial charge >= 0.3 is 5.97 Å². The summed E-state index contributed by atoms with van der Waals surface area (Å²) in [6.07, 6.45) is 0.743. The molecule has 0 fully saturated rings. The number of nitrogens with zero attached hydrogens (tertiary/aromatic N) is 2. The topological polar surface area (TPSA) is 90.0 Å². The van der Waals surface area contributed by atoms with Crippen LogP contribution in [0.25, 0.3) is 0 Å². The number of rotatable bonds is 9. The van der Waals surface area contributed by atoms with Crippen LogP contribution in [0.2, 0.25) is 0 Å². The summed E-state index contributed by atoms with van der Waals surface area (Å²) in [5.41, 5.74) is 0.811. The van der Waals surface area contributed by atoms with E-state index in [1.165, 1.54) is 10.0 Å². The van der Waals surface area contributed by atoms with Gasteiger partial charge in [0.15, 0.2) is 0 Å². The molecule has 0 heterocycles. The third kappa shape index (κ3) is 5.34. The Hall–Kier alpha value is -2.41. The lowest BCUT2D eigenvalue weighted by Gasteiger charge is -2.35. The molecular formula is C17H25N3O4. The Bertz CT molecular complexity index is 560. The van der Waals surface area contributed by atoms with E-state index in [2.05, 4.69) is 5.32 Å². The fourth-order valence-corrected chi connectivity index (χ4v) is 2.44. The summed E-state index contributed by atoms with van der Waals surface area (Å²) in [6, 6.07) is 7.23. The highest BCUT2D eigenvalue weighted by atomic mass is 16.4. The molecule has 7 heteroatoms. The fourth-order valence-electron chi connectivity index (χ4n) is 2.44. The second-order valence-corrected chi connectivity index (χ2v) is 6.11. The molecule has 0 saturated heterocycles. The van der Waals surface area contributed by atoms with Crippen molar-refractivity contribution in [1.82, 2.24) is 15.3 Å². The van der Waals surface area contributed by atoms with Gasteiger partial charge in [-0.05, 0) is 11.5 Å². The van der Waals surface area contributed by atoms with Crippen LogP contribution >= 0.6 is 0 Å². The predicted octanol–water partition coefficient (Wildman–Crippen LogP) is 0.758. The van der Waals surface area contributed by atoms with E-state index in [4.69, 9.17) is 0 Å². The number of hydrogen-bond donors (Lipinski definition) is 2. The Morgan fingerprint density at radius 2 is 1.79 bits per heavy atom. The van der Waals surface area contributed by atoms with Crippen LogP contribution in [0.15, 0.2) is 30.3 Å². The highest BCUT2D eigenvalue weighted by Gasteiger charge is 2.32. The standard InChI is InChI=1S/C17H25N3O4/c1-12(2)15(20(11-21)19(3)4)16(22)18-14(17(23)24)10-13-8-6-5-7-9-13/h5-9,11-12,14-15H,10H2,1-4H3,(H,18,22)(H,23,24)/t14?,15-/m0/s1. The van der Waals surface area contributed by atoms with Crippen LogP contribution in [0.4, 0.5) is 0 Å². The minimum absolute atomic E-state index is 0.176. The number of carboxylic acid groups (broad SMARTS) is 1. The van der Waals surface area contributed by atoms with Crippen LogP contribution in [0.5, 0.6) is 0 Å². The largest absolute Gasteiger partial charge is 0.480 e. The van der Waals surface area contributed by atoms with Crippen LogP contribution < -0.4 is 5.32 Å². The maximum Gasteiger partial charge on any atom is 0.326 e. The van der Waals surface area contributed by atoms with Crippen molar-refractivity contribution >= 4 is 18.3 Å². The van der Waals surface area contributed by atoms with Crippen molar-refractivity contribution in [2.24, 2.45) is 5.92 Å². The van der Waals surface area contributed by atoms with Crippen molar-refractivity contribution in [3.05, 3.63) is 35.9 Å². The molecule has 2 amide bonds. The molecule has 7 nitrogen and oxygen atoms in total. The van der Waals surface area contributed by atoms with E-state index in [1.807, 2.05) is 18.2 Å². The lowest BCUT2D eigenvalue weighted by Crippen LogP contribution is -2.57. The van der Waals surface area contributed by atoms with Crippen molar-refractivity contribution in [2.75, 3.05) is 14.1 Å². The summed E-state index contributed by atoms with van der Waals surface area (Å²) < 4.78 is 0. The SMILES string of the molecule is CC(C)[C@@H](C(=O)NC(Cc1ccccc1)C(=O)O)N(C=O)N(C)C. The van der Waals surface area contributed by atoms with E-state index < -0.39 is 24.0 Å². The zero-order valence-electron chi connectivity index (χ0n) is 14.5. The van der Waals surface area contributed by atoms with Gasteiger partial charge in [-0.1, -0.05) is 44.2 Å². The zero-order valence-corrected chi connectivity index (χ0v) is 14.5. The summed E-state index contributed by atoms with van der Waals surface area (Å²) in [6.45, 7) is 3.61. The van der Waals surface area contributed by atoms with E-state index in [0.29, 0.717) is 6.41 Å². The molecule has 0 bridgehead atoms. The quantitative estimate of drug-likeness (QED) is 0.514. The van der Waals surface area contributed by atoms with Gasteiger partial charge in [0, 0.05) is 20.5 Å². The molecule has 1 rings (SSSR count). The summed E-state index contributed by atoms with van der Waals surface area (Å²) in [4.78, 5) is 35.4. The Labute approximate surface area is 142 Å². The first kappa shape index (κ1) is 19.6. The van der Waals surface area contributed by atoms with Gasteiger partial charge in [0.2, 0.25) is 12.3 Å². The molecule has 0 aliphatic carbocycles. The predicted molar refractivity (Wildman–Crippen MR) is 89.9 cm³/mol. The first-order valence-electron chi connectivity index (χ1n) is 7.75. The number of carbonyl (C=O) groups is 3. The summed E-state index contributed by atoms with van der Waals surface area (Å²) in [5, 5.41) is 14.7.